The van der Waals surface area contributed by atoms with Crippen molar-refractivity contribution < 1.29 is 9.53 Å². The van der Waals surface area contributed by atoms with Crippen molar-refractivity contribution in [2.24, 2.45) is 0 Å². The highest BCUT2D eigenvalue weighted by atomic mass is 32.1. The Morgan fingerprint density at radius 2 is 1.93 bits per heavy atom. The highest BCUT2D eigenvalue weighted by molar-refractivity contribution is 7.18. The van der Waals surface area contributed by atoms with Crippen LogP contribution in [0, 0.1) is 13.8 Å². The maximum Gasteiger partial charge on any atom is 0.326 e. The van der Waals surface area contributed by atoms with Gasteiger partial charge in [0.25, 0.3) is 5.56 Å². The van der Waals surface area contributed by atoms with Crippen molar-refractivity contribution in [1.82, 2.24) is 14.5 Å². The number of carbonyl (C=O) groups is 1. The third-order valence-electron chi connectivity index (χ3n) is 4.61. The minimum absolute atomic E-state index is 0.131. The molecule has 0 radical (unpaired) electrons. The first-order valence-corrected chi connectivity index (χ1v) is 10.0. The molecule has 2 aromatic heterocycles. The van der Waals surface area contributed by atoms with Crippen LogP contribution in [0.2, 0.25) is 0 Å². The number of rotatable bonds is 7. The van der Waals surface area contributed by atoms with Crippen molar-refractivity contribution in [3.63, 3.8) is 0 Å². The molecule has 0 N–H and O–H groups in total. The molecular weight excluding hydrogens is 374 g/mol. The second kappa shape index (κ2) is 8.67. The summed E-state index contributed by atoms with van der Waals surface area (Å²) in [6, 6.07) is 9.85. The zero-order chi connectivity index (χ0) is 20.3. The molecule has 0 bridgehead atoms. The van der Waals surface area contributed by atoms with Gasteiger partial charge < -0.3 is 9.64 Å². The normalized spacial score (nSPS) is 11.3. The van der Waals surface area contributed by atoms with E-state index in [9.17, 15) is 9.59 Å². The van der Waals surface area contributed by atoms with Gasteiger partial charge in [0.2, 0.25) is 0 Å². The summed E-state index contributed by atoms with van der Waals surface area (Å²) in [7, 11) is 3.81. The molecule has 28 heavy (non-hydrogen) atoms. The Balaban J connectivity index is 1.81. The first kappa shape index (κ1) is 20.2. The van der Waals surface area contributed by atoms with Crippen LogP contribution in [-0.4, -0.2) is 41.1 Å². The van der Waals surface area contributed by atoms with Crippen LogP contribution in [0.5, 0.6) is 0 Å². The number of benzene rings is 1. The van der Waals surface area contributed by atoms with Crippen molar-refractivity contribution in [2.75, 3.05) is 20.7 Å². The smallest absolute Gasteiger partial charge is 0.326 e. The Labute approximate surface area is 168 Å². The third-order valence-corrected chi connectivity index (χ3v) is 5.71. The van der Waals surface area contributed by atoms with E-state index in [2.05, 4.69) is 4.98 Å². The summed E-state index contributed by atoms with van der Waals surface area (Å²) >= 11 is 1.51. The molecule has 6 nitrogen and oxygen atoms in total. The SMILES string of the molecule is Cc1sc2nc(CN(C)C)n(CC(=O)OCCc3ccccc3)c(=O)c2c1C. The van der Waals surface area contributed by atoms with Crippen molar-refractivity contribution in [3.8, 4) is 0 Å². The van der Waals surface area contributed by atoms with Gasteiger partial charge in [0.15, 0.2) is 0 Å². The molecule has 3 rings (SSSR count). The van der Waals surface area contributed by atoms with Gasteiger partial charge in [0, 0.05) is 11.3 Å². The Morgan fingerprint density at radius 1 is 1.21 bits per heavy atom. The van der Waals surface area contributed by atoms with Gasteiger partial charge in [-0.15, -0.1) is 11.3 Å². The fourth-order valence-corrected chi connectivity index (χ4v) is 4.08. The molecule has 0 unspecified atom stereocenters. The summed E-state index contributed by atoms with van der Waals surface area (Å²) in [5.74, 6) is 0.146. The van der Waals surface area contributed by atoms with E-state index in [1.807, 2.05) is 63.2 Å². The van der Waals surface area contributed by atoms with Crippen LogP contribution in [0.25, 0.3) is 10.2 Å². The predicted octanol–water partition coefficient (Wildman–Crippen LogP) is 2.92. The van der Waals surface area contributed by atoms with Crippen LogP contribution in [0.3, 0.4) is 0 Å². The van der Waals surface area contributed by atoms with Crippen LogP contribution in [0.1, 0.15) is 21.8 Å². The van der Waals surface area contributed by atoms with Crippen LogP contribution >= 0.6 is 11.3 Å². The molecule has 0 saturated heterocycles. The summed E-state index contributed by atoms with van der Waals surface area (Å²) in [6.07, 6.45) is 0.645. The van der Waals surface area contributed by atoms with Crippen LogP contribution < -0.4 is 5.56 Å². The van der Waals surface area contributed by atoms with E-state index in [-0.39, 0.29) is 18.7 Å². The number of aryl methyl sites for hydroxylation is 2. The minimum atomic E-state index is -0.427. The molecule has 0 aliphatic carbocycles. The van der Waals surface area contributed by atoms with E-state index in [1.165, 1.54) is 15.9 Å². The largest absolute Gasteiger partial charge is 0.464 e. The quantitative estimate of drug-likeness (QED) is 0.572. The second-order valence-corrected chi connectivity index (χ2v) is 8.28. The summed E-state index contributed by atoms with van der Waals surface area (Å²) in [6.45, 7) is 4.53. The number of fused-ring (bicyclic) bond motifs is 1. The Bertz CT molecular complexity index is 1040. The molecule has 0 atom stereocenters. The van der Waals surface area contributed by atoms with Crippen LogP contribution in [-0.2, 0) is 29.0 Å². The lowest BCUT2D eigenvalue weighted by atomic mass is 10.2. The van der Waals surface area contributed by atoms with E-state index in [4.69, 9.17) is 4.74 Å². The average Bonchev–Trinajstić information content (AvgIpc) is 2.93. The number of ether oxygens (including phenoxy) is 1. The van der Waals surface area contributed by atoms with Gasteiger partial charge in [-0.3, -0.25) is 14.2 Å². The molecule has 0 saturated carbocycles. The first-order valence-electron chi connectivity index (χ1n) is 9.20. The van der Waals surface area contributed by atoms with Gasteiger partial charge in [-0.25, -0.2) is 4.98 Å². The van der Waals surface area contributed by atoms with Crippen LogP contribution in [0.15, 0.2) is 35.1 Å². The number of thiophene rings is 1. The molecule has 2 heterocycles. The average molecular weight is 400 g/mol. The minimum Gasteiger partial charge on any atom is -0.464 e. The van der Waals surface area contributed by atoms with Crippen molar-refractivity contribution in [3.05, 3.63) is 62.5 Å². The lowest BCUT2D eigenvalue weighted by Gasteiger charge is -2.15. The molecule has 0 spiro atoms. The van der Waals surface area contributed by atoms with E-state index in [0.717, 1.165) is 20.8 Å². The number of hydrogen-bond donors (Lipinski definition) is 0. The molecule has 3 aromatic rings. The lowest BCUT2D eigenvalue weighted by Crippen LogP contribution is -2.31. The second-order valence-electron chi connectivity index (χ2n) is 7.08. The fourth-order valence-electron chi connectivity index (χ4n) is 3.04. The molecule has 0 aliphatic heterocycles. The molecule has 0 amide bonds. The van der Waals surface area contributed by atoms with E-state index in [0.29, 0.717) is 24.2 Å². The number of nitrogens with zero attached hydrogens (tertiary/aromatic N) is 3. The highest BCUT2D eigenvalue weighted by Gasteiger charge is 2.19. The lowest BCUT2D eigenvalue weighted by molar-refractivity contribution is -0.144. The standard InChI is InChI=1S/C21H25N3O3S/c1-14-15(2)28-20-19(14)21(26)24(17(22-20)12-23(3)4)13-18(25)27-11-10-16-8-6-5-7-9-16/h5-9H,10-13H2,1-4H3. The maximum atomic E-state index is 13.1. The highest BCUT2D eigenvalue weighted by Crippen LogP contribution is 2.26. The molecule has 7 heteroatoms. The molecule has 0 aliphatic rings. The topological polar surface area (TPSA) is 64.4 Å². The van der Waals surface area contributed by atoms with Gasteiger partial charge >= 0.3 is 5.97 Å². The molecular formula is C21H25N3O3S. The monoisotopic (exact) mass is 399 g/mol. The zero-order valence-corrected chi connectivity index (χ0v) is 17.5. The van der Waals surface area contributed by atoms with Gasteiger partial charge in [-0.2, -0.15) is 0 Å². The van der Waals surface area contributed by atoms with E-state index >= 15 is 0 Å². The maximum absolute atomic E-state index is 13.1. The summed E-state index contributed by atoms with van der Waals surface area (Å²) in [5.41, 5.74) is 1.86. The van der Waals surface area contributed by atoms with E-state index < -0.39 is 5.97 Å². The summed E-state index contributed by atoms with van der Waals surface area (Å²) < 4.78 is 6.83. The van der Waals surface area contributed by atoms with Crippen LogP contribution in [0.4, 0.5) is 0 Å². The predicted molar refractivity (Wildman–Crippen MR) is 112 cm³/mol. The number of aromatic nitrogens is 2. The Morgan fingerprint density at radius 3 is 2.61 bits per heavy atom. The first-order chi connectivity index (χ1) is 13.4. The fraction of sp³-hybridized carbons (Fsp3) is 0.381. The summed E-state index contributed by atoms with van der Waals surface area (Å²) in [4.78, 5) is 33.9. The summed E-state index contributed by atoms with van der Waals surface area (Å²) in [5, 5.41) is 0.599. The number of carbonyl (C=O) groups excluding carboxylic acids is 1. The number of esters is 1. The Hall–Kier alpha value is -2.51. The third kappa shape index (κ3) is 4.48. The van der Waals surface area contributed by atoms with Gasteiger partial charge in [0.05, 0.1) is 18.5 Å². The Kier molecular flexibility index (Phi) is 6.26. The van der Waals surface area contributed by atoms with E-state index in [1.54, 1.807) is 0 Å². The molecule has 0 fully saturated rings. The molecule has 1 aromatic carbocycles. The van der Waals surface area contributed by atoms with Gasteiger partial charge in [0.1, 0.15) is 17.2 Å². The van der Waals surface area contributed by atoms with Crippen molar-refractivity contribution in [1.29, 1.82) is 0 Å². The molecule has 148 valence electrons. The zero-order valence-electron chi connectivity index (χ0n) is 16.7. The van der Waals surface area contributed by atoms with Gasteiger partial charge in [-0.1, -0.05) is 30.3 Å². The van der Waals surface area contributed by atoms with Crippen molar-refractivity contribution in [2.45, 2.75) is 33.4 Å². The van der Waals surface area contributed by atoms with Crippen molar-refractivity contribution >= 4 is 27.5 Å². The van der Waals surface area contributed by atoms with Gasteiger partial charge in [-0.05, 0) is 39.1 Å². The number of hydrogen-bond acceptors (Lipinski definition) is 6.